The smallest absolute Gasteiger partial charge is 0.223 e. The molecule has 2 aromatic carbocycles. The zero-order valence-corrected chi connectivity index (χ0v) is 20.6. The van der Waals surface area contributed by atoms with Gasteiger partial charge in [-0.05, 0) is 72.7 Å². The number of hydrogen-bond acceptors (Lipinski definition) is 3. The molecule has 0 saturated carbocycles. The van der Waals surface area contributed by atoms with Crippen LogP contribution in [0.1, 0.15) is 57.2 Å². The van der Waals surface area contributed by atoms with Crippen LogP contribution in [-0.2, 0) is 4.79 Å². The Morgan fingerprint density at radius 1 is 0.941 bits per heavy atom. The van der Waals surface area contributed by atoms with Crippen LogP contribution in [0.2, 0.25) is 0 Å². The van der Waals surface area contributed by atoms with Gasteiger partial charge in [-0.2, -0.15) is 0 Å². The fourth-order valence-electron chi connectivity index (χ4n) is 5.43. The summed E-state index contributed by atoms with van der Waals surface area (Å²) in [6, 6.07) is 13.1. The first-order chi connectivity index (χ1) is 16.2. The summed E-state index contributed by atoms with van der Waals surface area (Å²) in [5, 5.41) is 3.38. The number of benzene rings is 2. The van der Waals surface area contributed by atoms with E-state index >= 15 is 0 Å². The summed E-state index contributed by atoms with van der Waals surface area (Å²) >= 11 is 0. The molecular weight excluding hydrogens is 432 g/mol. The van der Waals surface area contributed by atoms with Crippen molar-refractivity contribution < 1.29 is 13.6 Å². The molecule has 6 heteroatoms. The van der Waals surface area contributed by atoms with E-state index in [9.17, 15) is 13.6 Å². The predicted octanol–water partition coefficient (Wildman–Crippen LogP) is 5.00. The number of piperidine rings is 1. The molecule has 2 aliphatic rings. The zero-order chi connectivity index (χ0) is 24.3. The molecule has 1 atom stereocenters. The number of amides is 1. The minimum absolute atomic E-state index is 0.0545. The lowest BCUT2D eigenvalue weighted by Gasteiger charge is -2.49. The fraction of sp³-hybridized carbons (Fsp3) is 0.536. The van der Waals surface area contributed by atoms with Crippen LogP contribution >= 0.6 is 0 Å². The molecule has 2 aromatic rings. The molecule has 2 aliphatic heterocycles. The number of rotatable bonds is 5. The van der Waals surface area contributed by atoms with Crippen molar-refractivity contribution in [2.45, 2.75) is 52.1 Å². The molecular formula is C28H37F2N3O. The van der Waals surface area contributed by atoms with Gasteiger partial charge in [0.2, 0.25) is 5.91 Å². The Bertz CT molecular complexity index is 904. The van der Waals surface area contributed by atoms with Crippen molar-refractivity contribution in [1.82, 2.24) is 15.1 Å². The molecule has 0 radical (unpaired) electrons. The van der Waals surface area contributed by atoms with E-state index in [4.69, 9.17) is 0 Å². The van der Waals surface area contributed by atoms with Gasteiger partial charge in [-0.1, -0.05) is 45.0 Å². The van der Waals surface area contributed by atoms with Crippen LogP contribution in [0, 0.1) is 23.0 Å². The lowest BCUT2D eigenvalue weighted by Crippen LogP contribution is -2.60. The first-order valence-corrected chi connectivity index (χ1v) is 12.5. The second-order valence-electron chi connectivity index (χ2n) is 10.9. The van der Waals surface area contributed by atoms with Gasteiger partial charge in [0.1, 0.15) is 11.6 Å². The number of carbonyl (C=O) groups is 1. The number of piperazine rings is 1. The number of halogens is 2. The fourth-order valence-corrected chi connectivity index (χ4v) is 5.43. The summed E-state index contributed by atoms with van der Waals surface area (Å²) in [5.41, 5.74) is 1.84. The molecule has 34 heavy (non-hydrogen) atoms. The van der Waals surface area contributed by atoms with Crippen molar-refractivity contribution in [1.29, 1.82) is 0 Å². The summed E-state index contributed by atoms with van der Waals surface area (Å²) in [4.78, 5) is 17.9. The largest absolute Gasteiger partial charge is 0.337 e. The highest BCUT2D eigenvalue weighted by Crippen LogP contribution is 2.36. The third kappa shape index (κ3) is 5.84. The Balaban J connectivity index is 1.59. The number of nitrogens with one attached hydrogen (secondary N) is 1. The highest BCUT2D eigenvalue weighted by Gasteiger charge is 2.40. The summed E-state index contributed by atoms with van der Waals surface area (Å²) < 4.78 is 27.4. The zero-order valence-electron chi connectivity index (χ0n) is 20.6. The van der Waals surface area contributed by atoms with E-state index in [0.717, 1.165) is 37.1 Å². The molecule has 4 nitrogen and oxygen atoms in total. The van der Waals surface area contributed by atoms with Crippen molar-refractivity contribution in [3.05, 3.63) is 71.3 Å². The molecule has 0 spiro atoms. The van der Waals surface area contributed by atoms with Crippen LogP contribution in [0.15, 0.2) is 48.5 Å². The highest BCUT2D eigenvalue weighted by molar-refractivity contribution is 5.77. The molecule has 2 saturated heterocycles. The third-order valence-electron chi connectivity index (χ3n) is 7.39. The first kappa shape index (κ1) is 24.8. The molecule has 184 valence electrons. The van der Waals surface area contributed by atoms with E-state index < -0.39 is 0 Å². The average molecular weight is 470 g/mol. The van der Waals surface area contributed by atoms with E-state index in [-0.39, 0.29) is 35.0 Å². The summed E-state index contributed by atoms with van der Waals surface area (Å²) in [7, 11) is 0. The van der Waals surface area contributed by atoms with E-state index in [0.29, 0.717) is 32.0 Å². The molecule has 2 fully saturated rings. The van der Waals surface area contributed by atoms with Gasteiger partial charge in [0.25, 0.3) is 0 Å². The van der Waals surface area contributed by atoms with Crippen LogP contribution in [0.4, 0.5) is 8.78 Å². The van der Waals surface area contributed by atoms with Gasteiger partial charge in [-0.25, -0.2) is 8.78 Å². The normalized spacial score (nSPS) is 20.6. The van der Waals surface area contributed by atoms with Gasteiger partial charge in [0, 0.05) is 32.1 Å². The molecule has 0 bridgehead atoms. The Morgan fingerprint density at radius 2 is 1.47 bits per heavy atom. The maximum Gasteiger partial charge on any atom is 0.223 e. The molecule has 2 heterocycles. The SMILES string of the molecule is CC(C)(C)C1CN(C(c2ccc(F)cc2)c2ccc(F)cc2)CCN1C(=O)CC1CCNCC1. The monoisotopic (exact) mass is 469 g/mol. The quantitative estimate of drug-likeness (QED) is 0.669. The average Bonchev–Trinajstić information content (AvgIpc) is 2.82. The lowest BCUT2D eigenvalue weighted by molar-refractivity contribution is -0.141. The van der Waals surface area contributed by atoms with Gasteiger partial charge >= 0.3 is 0 Å². The number of carbonyl (C=O) groups excluding carboxylic acids is 1. The van der Waals surface area contributed by atoms with Crippen LogP contribution in [-0.4, -0.2) is 54.5 Å². The van der Waals surface area contributed by atoms with Crippen molar-refractivity contribution in [3.63, 3.8) is 0 Å². The van der Waals surface area contributed by atoms with E-state index in [2.05, 4.69) is 35.9 Å². The summed E-state index contributed by atoms with van der Waals surface area (Å²) in [5.74, 6) is 0.162. The second-order valence-corrected chi connectivity index (χ2v) is 10.9. The topological polar surface area (TPSA) is 35.6 Å². The highest BCUT2D eigenvalue weighted by atomic mass is 19.1. The standard InChI is InChI=1S/C28H37F2N3O/c1-28(2,3)25-19-32(16-17-33(25)26(34)18-20-12-14-31-15-13-20)27(21-4-8-23(29)9-5-21)22-6-10-24(30)11-7-22/h4-11,20,25,27,31H,12-19H2,1-3H3. The summed E-state index contributed by atoms with van der Waals surface area (Å²) in [6.45, 7) is 10.6. The van der Waals surface area contributed by atoms with Crippen LogP contribution in [0.5, 0.6) is 0 Å². The molecule has 1 N–H and O–H groups in total. The Kier molecular flexibility index (Phi) is 7.68. The Morgan fingerprint density at radius 3 is 1.97 bits per heavy atom. The molecule has 0 aliphatic carbocycles. The van der Waals surface area contributed by atoms with Gasteiger partial charge in [-0.3, -0.25) is 9.69 Å². The van der Waals surface area contributed by atoms with Crippen LogP contribution in [0.3, 0.4) is 0 Å². The Labute approximate surface area is 202 Å². The van der Waals surface area contributed by atoms with E-state index in [1.165, 1.54) is 24.3 Å². The number of hydrogen-bond donors (Lipinski definition) is 1. The van der Waals surface area contributed by atoms with Crippen molar-refractivity contribution >= 4 is 5.91 Å². The van der Waals surface area contributed by atoms with Gasteiger partial charge in [0.15, 0.2) is 0 Å². The van der Waals surface area contributed by atoms with Crippen LogP contribution in [0.25, 0.3) is 0 Å². The van der Waals surface area contributed by atoms with Crippen LogP contribution < -0.4 is 5.32 Å². The predicted molar refractivity (Wildman–Crippen MR) is 131 cm³/mol. The van der Waals surface area contributed by atoms with Gasteiger partial charge in [-0.15, -0.1) is 0 Å². The molecule has 1 unspecified atom stereocenters. The van der Waals surface area contributed by atoms with Crippen molar-refractivity contribution in [3.8, 4) is 0 Å². The molecule has 1 amide bonds. The molecule has 0 aromatic heterocycles. The Hall–Kier alpha value is -2.31. The number of nitrogens with zero attached hydrogens (tertiary/aromatic N) is 2. The van der Waals surface area contributed by atoms with E-state index in [1.807, 2.05) is 24.3 Å². The minimum Gasteiger partial charge on any atom is -0.337 e. The lowest BCUT2D eigenvalue weighted by atomic mass is 9.82. The van der Waals surface area contributed by atoms with E-state index in [1.54, 1.807) is 0 Å². The van der Waals surface area contributed by atoms with Gasteiger partial charge < -0.3 is 10.2 Å². The first-order valence-electron chi connectivity index (χ1n) is 12.5. The third-order valence-corrected chi connectivity index (χ3v) is 7.39. The minimum atomic E-state index is -0.275. The maximum absolute atomic E-state index is 13.7. The van der Waals surface area contributed by atoms with Crippen molar-refractivity contribution in [2.24, 2.45) is 11.3 Å². The van der Waals surface area contributed by atoms with Gasteiger partial charge in [0.05, 0.1) is 6.04 Å². The maximum atomic E-state index is 13.7. The van der Waals surface area contributed by atoms with Crippen molar-refractivity contribution in [2.75, 3.05) is 32.7 Å². The molecule has 4 rings (SSSR count). The summed E-state index contributed by atoms with van der Waals surface area (Å²) in [6.07, 6.45) is 2.74. The second kappa shape index (κ2) is 10.5.